The minimum absolute atomic E-state index is 0.0376. The fourth-order valence-electron chi connectivity index (χ4n) is 1.62. The third kappa shape index (κ3) is 2.73. The first-order chi connectivity index (χ1) is 9.11. The van der Waals surface area contributed by atoms with Gasteiger partial charge in [-0.2, -0.15) is 0 Å². The summed E-state index contributed by atoms with van der Waals surface area (Å²) in [6.45, 7) is 2.27. The van der Waals surface area contributed by atoms with E-state index in [2.05, 4.69) is 15.0 Å². The number of rotatable bonds is 4. The van der Waals surface area contributed by atoms with Gasteiger partial charge in [0.1, 0.15) is 6.20 Å². The van der Waals surface area contributed by atoms with E-state index < -0.39 is 4.92 Å². The van der Waals surface area contributed by atoms with Gasteiger partial charge >= 0.3 is 5.82 Å². The van der Waals surface area contributed by atoms with Crippen LogP contribution in [0.1, 0.15) is 18.4 Å². The van der Waals surface area contributed by atoms with E-state index in [4.69, 9.17) is 5.73 Å². The highest BCUT2D eigenvalue weighted by molar-refractivity contribution is 5.65. The highest BCUT2D eigenvalue weighted by Gasteiger charge is 2.16. The second-order valence-corrected chi connectivity index (χ2v) is 3.65. The molecule has 0 fully saturated rings. The van der Waals surface area contributed by atoms with Crippen molar-refractivity contribution < 1.29 is 4.92 Å². The van der Waals surface area contributed by atoms with Crippen LogP contribution in [0.3, 0.4) is 0 Å². The molecule has 0 radical (unpaired) electrons. The molecule has 2 heterocycles. The summed E-state index contributed by atoms with van der Waals surface area (Å²) >= 11 is 0. The van der Waals surface area contributed by atoms with Crippen LogP contribution in [0.2, 0.25) is 0 Å². The Labute approximate surface area is 108 Å². The quantitative estimate of drug-likeness (QED) is 0.655. The zero-order valence-corrected chi connectivity index (χ0v) is 10.2. The molecule has 0 saturated carbocycles. The monoisotopic (exact) mass is 260 g/mol. The van der Waals surface area contributed by atoms with Crippen molar-refractivity contribution in [1.29, 1.82) is 0 Å². The van der Waals surface area contributed by atoms with Crippen molar-refractivity contribution in [1.82, 2.24) is 19.5 Å². The molecule has 98 valence electrons. The summed E-state index contributed by atoms with van der Waals surface area (Å²) in [5, 5.41) is 10.8. The lowest BCUT2D eigenvalue weighted by molar-refractivity contribution is -0.392. The van der Waals surface area contributed by atoms with E-state index >= 15 is 0 Å². The third-order valence-electron chi connectivity index (χ3n) is 2.47. The van der Waals surface area contributed by atoms with Crippen molar-refractivity contribution in [2.75, 3.05) is 5.73 Å². The molecular weight excluding hydrogens is 248 g/mol. The molecule has 0 aromatic carbocycles. The van der Waals surface area contributed by atoms with E-state index in [1.165, 1.54) is 17.0 Å². The van der Waals surface area contributed by atoms with Gasteiger partial charge in [0.25, 0.3) is 0 Å². The standard InChI is InChI=1S/C11H12N6O2/c1-2-16-9(14-7-10(16)17(18)19)4-3-8-5-6-13-11(12)15-8/h3-7H,2H2,1H3,(H2,12,13,15). The largest absolute Gasteiger partial charge is 0.368 e. The van der Waals surface area contributed by atoms with E-state index in [0.717, 1.165) is 0 Å². The fraction of sp³-hybridized carbons (Fsp3) is 0.182. The number of hydrogen-bond donors (Lipinski definition) is 1. The summed E-state index contributed by atoms with van der Waals surface area (Å²) in [6.07, 6.45) is 6.10. The molecule has 8 heteroatoms. The highest BCUT2D eigenvalue weighted by atomic mass is 16.6. The molecule has 0 aliphatic carbocycles. The lowest BCUT2D eigenvalue weighted by Crippen LogP contribution is -2.02. The van der Waals surface area contributed by atoms with Crippen LogP contribution < -0.4 is 5.73 Å². The van der Waals surface area contributed by atoms with Gasteiger partial charge in [-0.25, -0.2) is 19.5 Å². The van der Waals surface area contributed by atoms with Crippen molar-refractivity contribution in [3.8, 4) is 0 Å². The summed E-state index contributed by atoms with van der Waals surface area (Å²) in [7, 11) is 0. The number of nitrogens with two attached hydrogens (primary N) is 1. The molecule has 0 saturated heterocycles. The van der Waals surface area contributed by atoms with Crippen molar-refractivity contribution in [2.45, 2.75) is 13.5 Å². The molecule has 0 aliphatic rings. The van der Waals surface area contributed by atoms with Crippen molar-refractivity contribution in [3.63, 3.8) is 0 Å². The van der Waals surface area contributed by atoms with Gasteiger partial charge < -0.3 is 15.8 Å². The number of nitro groups is 1. The van der Waals surface area contributed by atoms with Crippen molar-refractivity contribution >= 4 is 23.9 Å². The molecule has 8 nitrogen and oxygen atoms in total. The van der Waals surface area contributed by atoms with Crippen LogP contribution in [0.15, 0.2) is 18.5 Å². The second-order valence-electron chi connectivity index (χ2n) is 3.65. The first-order valence-corrected chi connectivity index (χ1v) is 5.58. The molecular formula is C11H12N6O2. The lowest BCUT2D eigenvalue weighted by atomic mass is 10.3. The van der Waals surface area contributed by atoms with Gasteiger partial charge in [0.15, 0.2) is 0 Å². The average molecular weight is 260 g/mol. The molecule has 19 heavy (non-hydrogen) atoms. The van der Waals surface area contributed by atoms with E-state index in [1.54, 1.807) is 18.2 Å². The normalized spacial score (nSPS) is 11.0. The van der Waals surface area contributed by atoms with E-state index in [0.29, 0.717) is 18.1 Å². The summed E-state index contributed by atoms with van der Waals surface area (Å²) in [6, 6.07) is 1.68. The highest BCUT2D eigenvalue weighted by Crippen LogP contribution is 2.15. The van der Waals surface area contributed by atoms with Gasteiger partial charge in [-0.15, -0.1) is 0 Å². The van der Waals surface area contributed by atoms with Gasteiger partial charge in [-0.05, 0) is 24.0 Å². The molecule has 2 aromatic heterocycles. The first-order valence-electron chi connectivity index (χ1n) is 5.58. The topological polar surface area (TPSA) is 113 Å². The molecule has 0 atom stereocenters. The molecule has 2 N–H and O–H groups in total. The Morgan fingerprint density at radius 3 is 2.89 bits per heavy atom. The van der Waals surface area contributed by atoms with Gasteiger partial charge in [-0.1, -0.05) is 0 Å². The predicted molar refractivity (Wildman–Crippen MR) is 69.9 cm³/mol. The van der Waals surface area contributed by atoms with Crippen LogP contribution >= 0.6 is 0 Å². The Kier molecular flexibility index (Phi) is 3.51. The maximum absolute atomic E-state index is 10.8. The minimum Gasteiger partial charge on any atom is -0.368 e. The average Bonchev–Trinajstić information content (AvgIpc) is 2.79. The van der Waals surface area contributed by atoms with Crippen LogP contribution in [-0.2, 0) is 6.54 Å². The van der Waals surface area contributed by atoms with Gasteiger partial charge in [0.05, 0.1) is 12.2 Å². The molecule has 0 aliphatic heterocycles. The van der Waals surface area contributed by atoms with Crippen molar-refractivity contribution in [3.05, 3.63) is 40.1 Å². The number of nitrogen functional groups attached to an aromatic ring is 1. The maximum atomic E-state index is 10.8. The van der Waals surface area contributed by atoms with Crippen LogP contribution in [0.25, 0.3) is 12.2 Å². The van der Waals surface area contributed by atoms with Crippen molar-refractivity contribution in [2.24, 2.45) is 0 Å². The summed E-state index contributed by atoms with van der Waals surface area (Å²) in [5.74, 6) is 0.627. The van der Waals surface area contributed by atoms with Crippen LogP contribution in [-0.4, -0.2) is 24.4 Å². The second kappa shape index (κ2) is 5.25. The van der Waals surface area contributed by atoms with E-state index in [1.807, 2.05) is 6.92 Å². The number of aromatic nitrogens is 4. The maximum Gasteiger partial charge on any atom is 0.343 e. The molecule has 0 unspecified atom stereocenters. The Hall–Kier alpha value is -2.77. The molecule has 0 amide bonds. The number of anilines is 1. The van der Waals surface area contributed by atoms with Crippen LogP contribution in [0.5, 0.6) is 0 Å². The third-order valence-corrected chi connectivity index (χ3v) is 2.47. The molecule has 0 bridgehead atoms. The van der Waals surface area contributed by atoms with E-state index in [-0.39, 0.29) is 11.8 Å². The Morgan fingerprint density at radius 1 is 1.47 bits per heavy atom. The molecule has 2 aromatic rings. The first kappa shape index (κ1) is 12.7. The predicted octanol–water partition coefficient (Wildman–Crippen LogP) is 1.35. The Balaban J connectivity index is 2.31. The zero-order valence-electron chi connectivity index (χ0n) is 10.2. The number of nitrogens with zero attached hydrogens (tertiary/aromatic N) is 5. The fourth-order valence-corrected chi connectivity index (χ4v) is 1.62. The minimum atomic E-state index is -0.462. The SMILES string of the molecule is CCn1c([N+](=O)[O-])cnc1C=Cc1ccnc(N)n1. The van der Waals surface area contributed by atoms with Crippen LogP contribution in [0.4, 0.5) is 11.8 Å². The molecule has 0 spiro atoms. The summed E-state index contributed by atoms with van der Waals surface area (Å²) < 4.78 is 1.50. The smallest absolute Gasteiger partial charge is 0.343 e. The van der Waals surface area contributed by atoms with Gasteiger partial charge in [-0.3, -0.25) is 0 Å². The van der Waals surface area contributed by atoms with Gasteiger partial charge in [0.2, 0.25) is 11.8 Å². The lowest BCUT2D eigenvalue weighted by Gasteiger charge is -1.98. The van der Waals surface area contributed by atoms with Crippen LogP contribution in [0, 0.1) is 10.1 Å². The summed E-state index contributed by atoms with van der Waals surface area (Å²) in [5.41, 5.74) is 6.07. The zero-order chi connectivity index (χ0) is 13.8. The Morgan fingerprint density at radius 2 is 2.26 bits per heavy atom. The number of imidazole rings is 1. The molecule has 2 rings (SSSR count). The Bertz CT molecular complexity index is 634. The van der Waals surface area contributed by atoms with E-state index in [9.17, 15) is 10.1 Å². The number of hydrogen-bond acceptors (Lipinski definition) is 6. The van der Waals surface area contributed by atoms with Gasteiger partial charge in [0, 0.05) is 12.3 Å². The summed E-state index contributed by atoms with van der Waals surface area (Å²) in [4.78, 5) is 22.1.